The van der Waals surface area contributed by atoms with Gasteiger partial charge in [-0.05, 0) is 37.3 Å². The van der Waals surface area contributed by atoms with Crippen LogP contribution in [0.15, 0.2) is 24.3 Å². The molecule has 21 heavy (non-hydrogen) atoms. The lowest BCUT2D eigenvalue weighted by molar-refractivity contribution is -0.184. The van der Waals surface area contributed by atoms with Crippen LogP contribution in [0.1, 0.15) is 31.2 Å². The van der Waals surface area contributed by atoms with Crippen molar-refractivity contribution in [3.05, 3.63) is 29.8 Å². The Morgan fingerprint density at radius 2 is 1.81 bits per heavy atom. The second kappa shape index (κ2) is 6.37. The van der Waals surface area contributed by atoms with Crippen molar-refractivity contribution in [2.45, 2.75) is 38.4 Å². The number of nitrogens with two attached hydrogens (primary N) is 1. The molecule has 0 unspecified atom stereocenters. The lowest BCUT2D eigenvalue weighted by Gasteiger charge is -2.29. The van der Waals surface area contributed by atoms with Crippen LogP contribution in [-0.2, 0) is 11.3 Å². The predicted octanol–water partition coefficient (Wildman–Crippen LogP) is 3.25. The molecule has 0 aromatic heterocycles. The van der Waals surface area contributed by atoms with Crippen LogP contribution < -0.4 is 11.1 Å². The van der Waals surface area contributed by atoms with Gasteiger partial charge in [-0.2, -0.15) is 13.2 Å². The number of para-hydroxylation sites is 1. The van der Waals surface area contributed by atoms with E-state index < -0.39 is 12.1 Å². The number of rotatable bonds is 3. The van der Waals surface area contributed by atoms with Crippen molar-refractivity contribution in [3.8, 4) is 0 Å². The van der Waals surface area contributed by atoms with Crippen LogP contribution in [0.2, 0.25) is 0 Å². The molecule has 0 heterocycles. The molecule has 3 nitrogen and oxygen atoms in total. The van der Waals surface area contributed by atoms with E-state index in [1.807, 2.05) is 12.1 Å². The lowest BCUT2D eigenvalue weighted by atomic mass is 9.81. The fourth-order valence-corrected chi connectivity index (χ4v) is 2.70. The lowest BCUT2D eigenvalue weighted by Crippen LogP contribution is -2.35. The number of hydrogen-bond donors (Lipinski definition) is 2. The van der Waals surface area contributed by atoms with Gasteiger partial charge in [0, 0.05) is 18.2 Å². The minimum Gasteiger partial charge on any atom is -0.398 e. The summed E-state index contributed by atoms with van der Waals surface area (Å²) in [5.41, 5.74) is 7.19. The van der Waals surface area contributed by atoms with Crippen molar-refractivity contribution >= 4 is 11.6 Å². The first kappa shape index (κ1) is 15.7. The Kier molecular flexibility index (Phi) is 4.75. The molecule has 1 saturated carbocycles. The largest absolute Gasteiger partial charge is 0.398 e. The van der Waals surface area contributed by atoms with Gasteiger partial charge >= 0.3 is 6.18 Å². The molecule has 0 saturated heterocycles. The van der Waals surface area contributed by atoms with E-state index in [0.717, 1.165) is 5.56 Å². The zero-order chi connectivity index (χ0) is 15.5. The zero-order valence-corrected chi connectivity index (χ0v) is 11.6. The Bertz CT molecular complexity index is 494. The number of hydrogen-bond acceptors (Lipinski definition) is 2. The van der Waals surface area contributed by atoms with E-state index in [-0.39, 0.29) is 24.7 Å². The smallest absolute Gasteiger partial charge is 0.391 e. The van der Waals surface area contributed by atoms with Crippen LogP contribution in [0.4, 0.5) is 18.9 Å². The zero-order valence-electron chi connectivity index (χ0n) is 11.6. The number of nitrogens with one attached hydrogen (secondary N) is 1. The minimum absolute atomic E-state index is 0.0368. The van der Waals surface area contributed by atoms with Crippen molar-refractivity contribution in [3.63, 3.8) is 0 Å². The molecule has 0 radical (unpaired) electrons. The first-order valence-electron chi connectivity index (χ1n) is 7.05. The summed E-state index contributed by atoms with van der Waals surface area (Å²) in [7, 11) is 0. The highest BCUT2D eigenvalue weighted by atomic mass is 19.4. The summed E-state index contributed by atoms with van der Waals surface area (Å²) < 4.78 is 37.7. The van der Waals surface area contributed by atoms with Crippen molar-refractivity contribution < 1.29 is 18.0 Å². The number of halogens is 3. The molecule has 0 atom stereocenters. The number of benzene rings is 1. The highest BCUT2D eigenvalue weighted by Crippen LogP contribution is 2.39. The maximum absolute atomic E-state index is 12.6. The van der Waals surface area contributed by atoms with Gasteiger partial charge in [0.25, 0.3) is 0 Å². The topological polar surface area (TPSA) is 55.1 Å². The molecular formula is C15H19F3N2O. The summed E-state index contributed by atoms with van der Waals surface area (Å²) in [6.07, 6.45) is -3.48. The third-order valence-corrected chi connectivity index (χ3v) is 4.07. The summed E-state index contributed by atoms with van der Waals surface area (Å²) in [6.45, 7) is 0.310. The average Bonchev–Trinajstić information content (AvgIpc) is 2.45. The third-order valence-electron chi connectivity index (χ3n) is 4.07. The van der Waals surface area contributed by atoms with Crippen LogP contribution in [0.5, 0.6) is 0 Å². The first-order chi connectivity index (χ1) is 9.88. The summed E-state index contributed by atoms with van der Waals surface area (Å²) in [5.74, 6) is -1.77. The molecular weight excluding hydrogens is 281 g/mol. The highest BCUT2D eigenvalue weighted by Gasteiger charge is 2.42. The number of alkyl halides is 3. The van der Waals surface area contributed by atoms with Crippen LogP contribution in [0, 0.1) is 11.8 Å². The van der Waals surface area contributed by atoms with Crippen LogP contribution >= 0.6 is 0 Å². The van der Waals surface area contributed by atoms with Crippen molar-refractivity contribution in [2.75, 3.05) is 5.73 Å². The molecule has 1 aromatic carbocycles. The van der Waals surface area contributed by atoms with Gasteiger partial charge in [0.05, 0.1) is 5.92 Å². The molecule has 2 rings (SSSR count). The van der Waals surface area contributed by atoms with Gasteiger partial charge in [-0.25, -0.2) is 0 Å². The van der Waals surface area contributed by atoms with E-state index in [1.165, 1.54) is 0 Å². The third kappa shape index (κ3) is 4.12. The maximum Gasteiger partial charge on any atom is 0.391 e. The van der Waals surface area contributed by atoms with Crippen LogP contribution in [0.3, 0.4) is 0 Å². The SMILES string of the molecule is Nc1ccccc1CNC(=O)C1CCC(C(F)(F)F)CC1. The summed E-state index contributed by atoms with van der Waals surface area (Å²) in [6, 6.07) is 7.19. The predicted molar refractivity (Wildman–Crippen MR) is 74.2 cm³/mol. The molecule has 1 aromatic rings. The number of carbonyl (C=O) groups is 1. The molecule has 1 fully saturated rings. The fourth-order valence-electron chi connectivity index (χ4n) is 2.70. The Balaban J connectivity index is 1.82. The van der Waals surface area contributed by atoms with E-state index >= 15 is 0 Å². The van der Waals surface area contributed by atoms with Gasteiger partial charge < -0.3 is 11.1 Å². The summed E-state index contributed by atoms with van der Waals surface area (Å²) in [4.78, 5) is 12.0. The Labute approximate surface area is 121 Å². The van der Waals surface area contributed by atoms with Gasteiger partial charge in [-0.15, -0.1) is 0 Å². The van der Waals surface area contributed by atoms with E-state index in [9.17, 15) is 18.0 Å². The van der Waals surface area contributed by atoms with Gasteiger partial charge in [-0.1, -0.05) is 18.2 Å². The Morgan fingerprint density at radius 1 is 1.19 bits per heavy atom. The van der Waals surface area contributed by atoms with E-state index in [0.29, 0.717) is 25.1 Å². The Morgan fingerprint density at radius 3 is 2.38 bits per heavy atom. The number of amides is 1. The maximum atomic E-state index is 12.6. The molecule has 1 amide bonds. The van der Waals surface area contributed by atoms with Crippen molar-refractivity contribution in [1.29, 1.82) is 0 Å². The highest BCUT2D eigenvalue weighted by molar-refractivity contribution is 5.78. The monoisotopic (exact) mass is 300 g/mol. The standard InChI is InChI=1S/C15H19F3N2O/c16-15(17,18)12-7-5-10(6-8-12)14(21)20-9-11-3-1-2-4-13(11)19/h1-4,10,12H,5-9,19H2,(H,20,21). The summed E-state index contributed by atoms with van der Waals surface area (Å²) in [5, 5.41) is 2.76. The summed E-state index contributed by atoms with van der Waals surface area (Å²) >= 11 is 0. The molecule has 1 aliphatic carbocycles. The number of nitrogen functional groups attached to an aromatic ring is 1. The van der Waals surface area contributed by atoms with Crippen molar-refractivity contribution in [1.82, 2.24) is 5.32 Å². The first-order valence-corrected chi connectivity index (χ1v) is 7.05. The van der Waals surface area contributed by atoms with Gasteiger partial charge in [-0.3, -0.25) is 4.79 Å². The number of carbonyl (C=O) groups excluding carboxylic acids is 1. The second-order valence-corrected chi connectivity index (χ2v) is 5.51. The molecule has 116 valence electrons. The van der Waals surface area contributed by atoms with Crippen LogP contribution in [0.25, 0.3) is 0 Å². The Hall–Kier alpha value is -1.72. The second-order valence-electron chi connectivity index (χ2n) is 5.51. The number of anilines is 1. The van der Waals surface area contributed by atoms with Crippen LogP contribution in [-0.4, -0.2) is 12.1 Å². The van der Waals surface area contributed by atoms with E-state index in [1.54, 1.807) is 12.1 Å². The van der Waals surface area contributed by atoms with E-state index in [4.69, 9.17) is 5.73 Å². The molecule has 0 bridgehead atoms. The van der Waals surface area contributed by atoms with Gasteiger partial charge in [0.15, 0.2) is 0 Å². The quantitative estimate of drug-likeness (QED) is 0.842. The fraction of sp³-hybridized carbons (Fsp3) is 0.533. The molecule has 3 N–H and O–H groups in total. The average molecular weight is 300 g/mol. The molecule has 0 spiro atoms. The van der Waals surface area contributed by atoms with E-state index in [2.05, 4.69) is 5.32 Å². The normalized spacial score (nSPS) is 22.8. The van der Waals surface area contributed by atoms with Crippen molar-refractivity contribution in [2.24, 2.45) is 11.8 Å². The minimum atomic E-state index is -4.14. The molecule has 1 aliphatic rings. The van der Waals surface area contributed by atoms with Gasteiger partial charge in [0.1, 0.15) is 0 Å². The molecule has 0 aliphatic heterocycles. The van der Waals surface area contributed by atoms with Gasteiger partial charge in [0.2, 0.25) is 5.91 Å². The molecule has 6 heteroatoms.